The lowest BCUT2D eigenvalue weighted by Crippen LogP contribution is -2.51. The van der Waals surface area contributed by atoms with Crippen LogP contribution in [0.25, 0.3) is 0 Å². The standard InChI is InChI=1S/C12H23NO3/c1-4-9(2)12(15)6-13-5-11(7-14)16-8-10(13)3/h9-11,14H,4-8H2,1-3H3. The third-order valence-electron chi connectivity index (χ3n) is 3.36. The van der Waals surface area contributed by atoms with Crippen LogP contribution in [0.4, 0.5) is 0 Å². The van der Waals surface area contributed by atoms with E-state index in [1.54, 1.807) is 0 Å². The maximum atomic E-state index is 11.8. The molecule has 1 N–H and O–H groups in total. The molecule has 0 saturated carbocycles. The van der Waals surface area contributed by atoms with Crippen LogP contribution >= 0.6 is 0 Å². The number of carbonyl (C=O) groups excluding carboxylic acids is 1. The molecule has 1 aliphatic rings. The molecule has 0 radical (unpaired) electrons. The molecule has 1 saturated heterocycles. The molecule has 0 aliphatic carbocycles. The lowest BCUT2D eigenvalue weighted by atomic mass is 10.0. The Morgan fingerprint density at radius 3 is 2.88 bits per heavy atom. The maximum absolute atomic E-state index is 11.8. The van der Waals surface area contributed by atoms with Crippen molar-refractivity contribution in [1.82, 2.24) is 4.90 Å². The zero-order valence-corrected chi connectivity index (χ0v) is 10.5. The highest BCUT2D eigenvalue weighted by atomic mass is 16.5. The van der Waals surface area contributed by atoms with E-state index < -0.39 is 0 Å². The first-order chi connectivity index (χ1) is 7.58. The third-order valence-corrected chi connectivity index (χ3v) is 3.36. The van der Waals surface area contributed by atoms with E-state index in [0.29, 0.717) is 19.7 Å². The monoisotopic (exact) mass is 229 g/mol. The van der Waals surface area contributed by atoms with Gasteiger partial charge >= 0.3 is 0 Å². The van der Waals surface area contributed by atoms with Crippen molar-refractivity contribution in [3.05, 3.63) is 0 Å². The number of nitrogens with zero attached hydrogens (tertiary/aromatic N) is 1. The first-order valence-corrected chi connectivity index (χ1v) is 6.07. The topological polar surface area (TPSA) is 49.8 Å². The number of ether oxygens (including phenoxy) is 1. The summed E-state index contributed by atoms with van der Waals surface area (Å²) in [5, 5.41) is 9.05. The summed E-state index contributed by atoms with van der Waals surface area (Å²) in [7, 11) is 0. The summed E-state index contributed by atoms with van der Waals surface area (Å²) >= 11 is 0. The molecule has 16 heavy (non-hydrogen) atoms. The van der Waals surface area contributed by atoms with Gasteiger partial charge in [0.15, 0.2) is 0 Å². The van der Waals surface area contributed by atoms with Crippen LogP contribution in [0.5, 0.6) is 0 Å². The number of ketones is 1. The second kappa shape index (κ2) is 6.33. The van der Waals surface area contributed by atoms with Gasteiger partial charge in [0.25, 0.3) is 0 Å². The Hall–Kier alpha value is -0.450. The van der Waals surface area contributed by atoms with Gasteiger partial charge in [0.2, 0.25) is 0 Å². The number of hydrogen-bond donors (Lipinski definition) is 1. The Morgan fingerprint density at radius 2 is 2.31 bits per heavy atom. The number of aliphatic hydroxyl groups excluding tert-OH is 1. The van der Waals surface area contributed by atoms with Crippen molar-refractivity contribution in [1.29, 1.82) is 0 Å². The van der Waals surface area contributed by atoms with Crippen LogP contribution in [0.2, 0.25) is 0 Å². The Kier molecular flexibility index (Phi) is 5.38. The van der Waals surface area contributed by atoms with Crippen molar-refractivity contribution >= 4 is 5.78 Å². The van der Waals surface area contributed by atoms with E-state index in [2.05, 4.69) is 11.8 Å². The number of Topliss-reactive ketones (excluding diaryl/α,β-unsaturated/α-hetero) is 1. The first kappa shape index (κ1) is 13.6. The van der Waals surface area contributed by atoms with Crippen molar-refractivity contribution in [3.8, 4) is 0 Å². The maximum Gasteiger partial charge on any atom is 0.149 e. The summed E-state index contributed by atoms with van der Waals surface area (Å²) in [6.07, 6.45) is 0.752. The number of carbonyl (C=O) groups is 1. The summed E-state index contributed by atoms with van der Waals surface area (Å²) in [4.78, 5) is 13.9. The zero-order valence-electron chi connectivity index (χ0n) is 10.5. The SMILES string of the molecule is CCC(C)C(=O)CN1CC(CO)OCC1C. The van der Waals surface area contributed by atoms with Crippen LogP contribution in [0, 0.1) is 5.92 Å². The zero-order chi connectivity index (χ0) is 12.1. The normalized spacial score (nSPS) is 29.0. The minimum absolute atomic E-state index is 0.0285. The van der Waals surface area contributed by atoms with E-state index in [0.717, 1.165) is 6.42 Å². The Labute approximate surface area is 97.6 Å². The van der Waals surface area contributed by atoms with E-state index in [4.69, 9.17) is 9.84 Å². The molecule has 3 unspecified atom stereocenters. The average Bonchev–Trinajstić information content (AvgIpc) is 2.30. The predicted molar refractivity (Wildman–Crippen MR) is 62.3 cm³/mol. The largest absolute Gasteiger partial charge is 0.394 e. The van der Waals surface area contributed by atoms with E-state index in [9.17, 15) is 4.79 Å². The van der Waals surface area contributed by atoms with Crippen LogP contribution in [-0.2, 0) is 9.53 Å². The highest BCUT2D eigenvalue weighted by Crippen LogP contribution is 2.13. The Balaban J connectivity index is 2.47. The first-order valence-electron chi connectivity index (χ1n) is 6.07. The predicted octanol–water partition coefficient (Wildman–Crippen LogP) is 0.683. The van der Waals surface area contributed by atoms with E-state index in [1.807, 2.05) is 13.8 Å². The molecule has 0 aromatic heterocycles. The third kappa shape index (κ3) is 3.54. The molecule has 0 amide bonds. The fraction of sp³-hybridized carbons (Fsp3) is 0.917. The van der Waals surface area contributed by atoms with Gasteiger partial charge < -0.3 is 9.84 Å². The summed E-state index contributed by atoms with van der Waals surface area (Å²) in [5.41, 5.74) is 0. The lowest BCUT2D eigenvalue weighted by molar-refractivity contribution is -0.128. The Bertz CT molecular complexity index is 232. The molecule has 3 atom stereocenters. The molecule has 4 nitrogen and oxygen atoms in total. The van der Waals surface area contributed by atoms with Gasteiger partial charge in [0.1, 0.15) is 5.78 Å². The van der Waals surface area contributed by atoms with E-state index >= 15 is 0 Å². The van der Waals surface area contributed by atoms with Crippen molar-refractivity contribution in [2.75, 3.05) is 26.3 Å². The molecule has 94 valence electrons. The fourth-order valence-electron chi connectivity index (χ4n) is 1.79. The van der Waals surface area contributed by atoms with Gasteiger partial charge in [-0.15, -0.1) is 0 Å². The summed E-state index contributed by atoms with van der Waals surface area (Å²) in [6.45, 7) is 7.81. The molecule has 1 aliphatic heterocycles. The second-order valence-corrected chi connectivity index (χ2v) is 4.69. The van der Waals surface area contributed by atoms with E-state index in [-0.39, 0.29) is 30.5 Å². The summed E-state index contributed by atoms with van der Waals surface area (Å²) in [6, 6.07) is 0.260. The van der Waals surface area contributed by atoms with Crippen molar-refractivity contribution in [2.24, 2.45) is 5.92 Å². The highest BCUT2D eigenvalue weighted by Gasteiger charge is 2.27. The molecule has 0 aromatic rings. The number of aliphatic hydroxyl groups is 1. The van der Waals surface area contributed by atoms with Crippen LogP contribution < -0.4 is 0 Å². The molecule has 0 aromatic carbocycles. The molecule has 0 bridgehead atoms. The lowest BCUT2D eigenvalue weighted by Gasteiger charge is -2.37. The van der Waals surface area contributed by atoms with Gasteiger partial charge in [-0.3, -0.25) is 9.69 Å². The van der Waals surface area contributed by atoms with E-state index in [1.165, 1.54) is 0 Å². The van der Waals surface area contributed by atoms with Crippen LogP contribution in [0.15, 0.2) is 0 Å². The smallest absolute Gasteiger partial charge is 0.149 e. The second-order valence-electron chi connectivity index (χ2n) is 4.69. The van der Waals surface area contributed by atoms with Crippen LogP contribution in [-0.4, -0.2) is 54.2 Å². The van der Waals surface area contributed by atoms with Crippen molar-refractivity contribution < 1.29 is 14.6 Å². The average molecular weight is 229 g/mol. The number of morpholine rings is 1. The van der Waals surface area contributed by atoms with Gasteiger partial charge in [-0.05, 0) is 13.3 Å². The van der Waals surface area contributed by atoms with Crippen molar-refractivity contribution in [2.45, 2.75) is 39.3 Å². The van der Waals surface area contributed by atoms with Gasteiger partial charge in [0, 0.05) is 18.5 Å². The highest BCUT2D eigenvalue weighted by molar-refractivity contribution is 5.82. The van der Waals surface area contributed by atoms with Gasteiger partial charge in [0.05, 0.1) is 25.9 Å². The molecule has 4 heteroatoms. The minimum Gasteiger partial charge on any atom is -0.394 e. The summed E-state index contributed by atoms with van der Waals surface area (Å²) in [5.74, 6) is 0.413. The molecule has 1 heterocycles. The fourth-order valence-corrected chi connectivity index (χ4v) is 1.79. The molecule has 1 rings (SSSR count). The molecular formula is C12H23NO3. The van der Waals surface area contributed by atoms with Crippen LogP contribution in [0.1, 0.15) is 27.2 Å². The molecule has 1 fully saturated rings. The quantitative estimate of drug-likeness (QED) is 0.753. The molecule has 0 spiro atoms. The van der Waals surface area contributed by atoms with Gasteiger partial charge in [-0.25, -0.2) is 0 Å². The number of hydrogen-bond acceptors (Lipinski definition) is 4. The summed E-state index contributed by atoms with van der Waals surface area (Å²) < 4.78 is 5.44. The van der Waals surface area contributed by atoms with Crippen LogP contribution in [0.3, 0.4) is 0 Å². The van der Waals surface area contributed by atoms with Gasteiger partial charge in [-0.1, -0.05) is 13.8 Å². The molecular weight excluding hydrogens is 206 g/mol. The van der Waals surface area contributed by atoms with Gasteiger partial charge in [-0.2, -0.15) is 0 Å². The number of rotatable bonds is 5. The minimum atomic E-state index is -0.138. The Morgan fingerprint density at radius 1 is 1.62 bits per heavy atom. The van der Waals surface area contributed by atoms with Crippen molar-refractivity contribution in [3.63, 3.8) is 0 Å².